The van der Waals surface area contributed by atoms with Crippen molar-refractivity contribution in [3.8, 4) is 6.07 Å². The Morgan fingerprint density at radius 1 is 1.39 bits per heavy atom. The number of hydrogen-bond donors (Lipinski definition) is 1. The summed E-state index contributed by atoms with van der Waals surface area (Å²) in [6.07, 6.45) is -4.48. The van der Waals surface area contributed by atoms with Crippen LogP contribution in [-0.2, 0) is 16.9 Å². The largest absolute Gasteiger partial charge is 0.395 e. The van der Waals surface area contributed by atoms with Crippen LogP contribution in [0.4, 0.5) is 23.2 Å². The third-order valence-electron chi connectivity index (χ3n) is 5.18. The lowest BCUT2D eigenvalue weighted by atomic mass is 9.70. The van der Waals surface area contributed by atoms with Crippen molar-refractivity contribution in [2.45, 2.75) is 30.3 Å². The van der Waals surface area contributed by atoms with Crippen molar-refractivity contribution in [3.05, 3.63) is 40.7 Å². The summed E-state index contributed by atoms with van der Waals surface area (Å²) >= 11 is 5.74. The number of carbonyl (C=O) groups is 1. The Bertz CT molecular complexity index is 1200. The first-order valence-electron chi connectivity index (χ1n) is 8.83. The van der Waals surface area contributed by atoms with Gasteiger partial charge < -0.3 is 9.88 Å². The van der Waals surface area contributed by atoms with E-state index in [1.807, 2.05) is 0 Å². The van der Waals surface area contributed by atoms with Crippen LogP contribution in [0.15, 0.2) is 23.2 Å². The highest BCUT2D eigenvalue weighted by Gasteiger charge is 2.60. The molecule has 0 aromatic carbocycles. The van der Waals surface area contributed by atoms with Crippen molar-refractivity contribution < 1.29 is 30.8 Å². The average molecular weight is 479 g/mol. The average Bonchev–Trinajstić information content (AvgIpc) is 2.91. The highest BCUT2D eigenvalue weighted by molar-refractivity contribution is 7.91. The highest BCUT2D eigenvalue weighted by Crippen LogP contribution is 2.54. The summed E-state index contributed by atoms with van der Waals surface area (Å²) in [5, 5.41) is 11.0. The molecule has 1 fully saturated rings. The summed E-state index contributed by atoms with van der Waals surface area (Å²) in [6.45, 7) is 0. The van der Waals surface area contributed by atoms with Crippen LogP contribution < -0.4 is 5.32 Å². The molecule has 1 amide bonds. The van der Waals surface area contributed by atoms with E-state index in [-0.39, 0.29) is 35.8 Å². The number of aromatic nitrogens is 2. The topological polar surface area (TPSA) is 105 Å². The number of nitriles is 1. The maximum Gasteiger partial charge on any atom is 0.395 e. The zero-order valence-electron chi connectivity index (χ0n) is 15.9. The van der Waals surface area contributed by atoms with E-state index in [0.717, 1.165) is 16.8 Å². The van der Waals surface area contributed by atoms with E-state index in [2.05, 4.69) is 10.3 Å². The van der Waals surface area contributed by atoms with Crippen molar-refractivity contribution in [2.24, 2.45) is 12.5 Å². The molecule has 0 spiro atoms. The van der Waals surface area contributed by atoms with Crippen molar-refractivity contribution in [2.75, 3.05) is 11.1 Å². The predicted molar refractivity (Wildman–Crippen MR) is 102 cm³/mol. The maximum atomic E-state index is 14.9. The number of nitrogens with one attached hydrogen (secondary N) is 1. The second-order valence-electron chi connectivity index (χ2n) is 7.29. The van der Waals surface area contributed by atoms with Gasteiger partial charge >= 0.3 is 6.18 Å². The fraction of sp³-hybridized carbons (Fsp3) is 0.389. The van der Waals surface area contributed by atoms with E-state index in [0.29, 0.717) is 0 Å². The van der Waals surface area contributed by atoms with Crippen molar-refractivity contribution in [3.63, 3.8) is 0 Å². The van der Waals surface area contributed by atoms with Crippen LogP contribution in [0.1, 0.15) is 35.4 Å². The molecule has 1 aliphatic rings. The summed E-state index contributed by atoms with van der Waals surface area (Å²) < 4.78 is 81.2. The first-order chi connectivity index (χ1) is 14.3. The minimum atomic E-state index is -4.75. The molecule has 1 aliphatic carbocycles. The quantitative estimate of drug-likeness (QED) is 0.519. The summed E-state index contributed by atoms with van der Waals surface area (Å²) in [6, 6.07) is 4.06. The molecular formula is C18H15ClF4N4O3S. The van der Waals surface area contributed by atoms with Gasteiger partial charge in [0.05, 0.1) is 11.2 Å². The molecule has 0 bridgehead atoms. The number of halogens is 5. The molecule has 2 aromatic rings. The molecule has 0 radical (unpaired) electrons. The molecular weight excluding hydrogens is 464 g/mol. The zero-order valence-corrected chi connectivity index (χ0v) is 17.5. The first-order valence-corrected chi connectivity index (χ1v) is 10.9. The Kier molecular flexibility index (Phi) is 5.79. The molecule has 0 aliphatic heterocycles. The van der Waals surface area contributed by atoms with Gasteiger partial charge in [0.25, 0.3) is 5.91 Å². The van der Waals surface area contributed by atoms with Gasteiger partial charge in [-0.1, -0.05) is 18.0 Å². The van der Waals surface area contributed by atoms with Gasteiger partial charge in [0.15, 0.2) is 15.7 Å². The fourth-order valence-corrected chi connectivity index (χ4v) is 5.65. The van der Waals surface area contributed by atoms with Gasteiger partial charge in [0.1, 0.15) is 27.5 Å². The van der Waals surface area contributed by atoms with E-state index in [1.165, 1.54) is 13.1 Å². The molecule has 166 valence electrons. The summed E-state index contributed by atoms with van der Waals surface area (Å²) in [5.41, 5.74) is -3.26. The van der Waals surface area contributed by atoms with E-state index in [9.17, 15) is 30.8 Å². The molecule has 3 rings (SSSR count). The zero-order chi connectivity index (χ0) is 23.2. The smallest absolute Gasteiger partial charge is 0.343 e. The van der Waals surface area contributed by atoms with Crippen LogP contribution in [0.25, 0.3) is 0 Å². The van der Waals surface area contributed by atoms with Gasteiger partial charge in [-0.2, -0.15) is 18.4 Å². The third kappa shape index (κ3) is 4.24. The normalized spacial score (nSPS) is 15.8. The molecule has 2 aromatic heterocycles. The van der Waals surface area contributed by atoms with Crippen LogP contribution in [0.2, 0.25) is 5.15 Å². The molecule has 1 N–H and O–H groups in total. The number of aryl methyl sites for hydroxylation is 1. The predicted octanol–water partition coefficient (Wildman–Crippen LogP) is 3.84. The Hall–Kier alpha value is -2.65. The summed E-state index contributed by atoms with van der Waals surface area (Å²) in [5.74, 6) is -3.84. The molecule has 0 atom stereocenters. The lowest BCUT2D eigenvalue weighted by Gasteiger charge is -2.42. The summed E-state index contributed by atoms with van der Waals surface area (Å²) in [7, 11) is -3.51. The highest BCUT2D eigenvalue weighted by atomic mass is 35.5. The summed E-state index contributed by atoms with van der Waals surface area (Å²) in [4.78, 5) is 15.2. The van der Waals surface area contributed by atoms with Crippen LogP contribution in [0.3, 0.4) is 0 Å². The van der Waals surface area contributed by atoms with Gasteiger partial charge in [0.2, 0.25) is 0 Å². The van der Waals surface area contributed by atoms with Crippen molar-refractivity contribution in [1.29, 1.82) is 5.26 Å². The second kappa shape index (κ2) is 7.80. The lowest BCUT2D eigenvalue weighted by Crippen LogP contribution is -2.48. The molecule has 31 heavy (non-hydrogen) atoms. The molecule has 0 saturated heterocycles. The number of nitrogens with zero attached hydrogens (tertiary/aromatic N) is 3. The van der Waals surface area contributed by atoms with E-state index in [4.69, 9.17) is 16.9 Å². The monoisotopic (exact) mass is 478 g/mol. The fourth-order valence-electron chi connectivity index (χ4n) is 3.42. The number of pyridine rings is 1. The van der Waals surface area contributed by atoms with Crippen molar-refractivity contribution in [1.82, 2.24) is 9.55 Å². The van der Waals surface area contributed by atoms with E-state index >= 15 is 0 Å². The molecule has 13 heteroatoms. The van der Waals surface area contributed by atoms with Crippen LogP contribution in [0.5, 0.6) is 0 Å². The number of amides is 1. The number of alkyl halides is 3. The SMILES string of the molecule is Cn1cc(S(=O)(=O)CC2(C(F)(F)F)CCC2)c(F)c1C(=O)Nc1cc(Cl)nc(C#N)c1. The van der Waals surface area contributed by atoms with Gasteiger partial charge in [-0.15, -0.1) is 0 Å². The lowest BCUT2D eigenvalue weighted by molar-refractivity contribution is -0.241. The van der Waals surface area contributed by atoms with Gasteiger partial charge in [-0.3, -0.25) is 4.79 Å². The van der Waals surface area contributed by atoms with Crippen LogP contribution in [0, 0.1) is 22.6 Å². The maximum absolute atomic E-state index is 14.9. The Balaban J connectivity index is 1.92. The number of rotatable bonds is 5. The minimum absolute atomic E-state index is 0.00273. The molecule has 2 heterocycles. The van der Waals surface area contributed by atoms with Gasteiger partial charge in [-0.05, 0) is 25.0 Å². The van der Waals surface area contributed by atoms with Crippen LogP contribution >= 0.6 is 11.6 Å². The van der Waals surface area contributed by atoms with Crippen molar-refractivity contribution >= 4 is 33.0 Å². The number of anilines is 1. The minimum Gasteiger partial charge on any atom is -0.343 e. The second-order valence-corrected chi connectivity index (χ2v) is 9.63. The molecule has 1 saturated carbocycles. The first kappa shape index (κ1) is 23.0. The Morgan fingerprint density at radius 3 is 2.55 bits per heavy atom. The van der Waals surface area contributed by atoms with Crippen LogP contribution in [-0.4, -0.2) is 35.8 Å². The number of carbonyl (C=O) groups excluding carboxylic acids is 1. The van der Waals surface area contributed by atoms with E-state index < -0.39 is 49.5 Å². The molecule has 0 unspecified atom stereocenters. The van der Waals surface area contributed by atoms with Gasteiger partial charge in [-0.25, -0.2) is 17.8 Å². The number of sulfone groups is 1. The van der Waals surface area contributed by atoms with Gasteiger partial charge in [0, 0.05) is 18.9 Å². The standard InChI is InChI=1S/C18H15ClF4N4O3S/c1-27-8-12(31(29,30)9-17(3-2-4-17)18(21,22)23)14(20)15(27)16(28)26-10-5-11(7-24)25-13(19)6-10/h5-6,8H,2-4,9H2,1H3,(H,25,26,28). The third-order valence-corrected chi connectivity index (χ3v) is 7.26. The Labute approximate surface area is 179 Å². The molecule has 7 nitrogen and oxygen atoms in total. The number of hydrogen-bond acceptors (Lipinski definition) is 5. The van der Waals surface area contributed by atoms with E-state index in [1.54, 1.807) is 6.07 Å². The Morgan fingerprint density at radius 2 is 2.03 bits per heavy atom.